The van der Waals surface area contributed by atoms with Crippen LogP contribution < -0.4 is 15.5 Å². The second-order valence-electron chi connectivity index (χ2n) is 3.34. The third-order valence-electron chi connectivity index (χ3n) is 2.43. The molecular weight excluding hydrogens is 190 g/mol. The highest BCUT2D eigenvalue weighted by Crippen LogP contribution is 2.22. The third-order valence-corrected chi connectivity index (χ3v) is 2.43. The van der Waals surface area contributed by atoms with Crippen molar-refractivity contribution in [1.82, 2.24) is 5.27 Å². The minimum Gasteiger partial charge on any atom is -0.487 e. The van der Waals surface area contributed by atoms with Gasteiger partial charge in [0.05, 0.1) is 0 Å². The van der Waals surface area contributed by atoms with Gasteiger partial charge in [0, 0.05) is 12.8 Å². The summed E-state index contributed by atoms with van der Waals surface area (Å²) in [6, 6.07) is 0.474. The third kappa shape index (κ3) is 2.34. The summed E-state index contributed by atoms with van der Waals surface area (Å²) in [7, 11) is 0. The average Bonchev–Trinajstić information content (AvgIpc) is 2.54. The first-order valence-electron chi connectivity index (χ1n) is 4.46. The molecule has 0 spiro atoms. The zero-order valence-corrected chi connectivity index (χ0v) is 8.22. The largest absolute Gasteiger partial charge is 0.487 e. The molecule has 0 atom stereocenters. The molecule has 0 aliphatic heterocycles. The summed E-state index contributed by atoms with van der Waals surface area (Å²) in [4.78, 5) is 0. The lowest BCUT2D eigenvalue weighted by Gasteiger charge is -2.17. The molecule has 1 N–H and O–H groups in total. The SMILES string of the molecule is Cl.N=c1c[n+](C2CCCCC2)[n-]o1. The minimum absolute atomic E-state index is 0. The Bertz CT molecular complexity index is 300. The van der Waals surface area contributed by atoms with Crippen molar-refractivity contribution in [3.8, 4) is 0 Å². The number of hydrogen-bond acceptors (Lipinski definition) is 2. The Labute approximate surface area is 82.8 Å². The predicted molar refractivity (Wildman–Crippen MR) is 47.4 cm³/mol. The molecule has 1 aliphatic carbocycles. The van der Waals surface area contributed by atoms with E-state index < -0.39 is 0 Å². The second kappa shape index (κ2) is 4.46. The lowest BCUT2D eigenvalue weighted by atomic mass is 9.96. The van der Waals surface area contributed by atoms with Crippen LogP contribution in [0.3, 0.4) is 0 Å². The molecule has 1 aromatic rings. The molecule has 1 heterocycles. The van der Waals surface area contributed by atoms with Crippen molar-refractivity contribution in [2.24, 2.45) is 0 Å². The maximum atomic E-state index is 7.18. The van der Waals surface area contributed by atoms with Crippen LogP contribution in [0.1, 0.15) is 38.1 Å². The average molecular weight is 204 g/mol. The van der Waals surface area contributed by atoms with Gasteiger partial charge in [0.2, 0.25) is 6.20 Å². The molecule has 0 radical (unpaired) electrons. The van der Waals surface area contributed by atoms with Crippen molar-refractivity contribution in [2.75, 3.05) is 0 Å². The van der Waals surface area contributed by atoms with Gasteiger partial charge in [-0.2, -0.15) is 0 Å². The van der Waals surface area contributed by atoms with Gasteiger partial charge in [-0.15, -0.1) is 12.4 Å². The van der Waals surface area contributed by atoms with E-state index in [1.165, 1.54) is 32.1 Å². The van der Waals surface area contributed by atoms with E-state index in [9.17, 15) is 0 Å². The maximum Gasteiger partial charge on any atom is 0.264 e. The number of halogens is 1. The van der Waals surface area contributed by atoms with Crippen LogP contribution in [0.2, 0.25) is 0 Å². The maximum absolute atomic E-state index is 7.18. The number of hydrogen-bond donors (Lipinski definition) is 1. The van der Waals surface area contributed by atoms with E-state index in [4.69, 9.17) is 9.93 Å². The van der Waals surface area contributed by atoms with Gasteiger partial charge in [-0.1, -0.05) is 6.42 Å². The van der Waals surface area contributed by atoms with Crippen LogP contribution in [-0.4, -0.2) is 0 Å². The smallest absolute Gasteiger partial charge is 0.264 e. The Morgan fingerprint density at radius 2 is 2.08 bits per heavy atom. The number of aromatic nitrogens is 2. The van der Waals surface area contributed by atoms with E-state index in [1.807, 2.05) is 0 Å². The first kappa shape index (κ1) is 10.3. The Morgan fingerprint density at radius 1 is 1.38 bits per heavy atom. The molecule has 0 bridgehead atoms. The van der Waals surface area contributed by atoms with E-state index in [2.05, 4.69) is 5.27 Å². The molecule has 5 heteroatoms. The molecule has 4 nitrogen and oxygen atoms in total. The Hall–Kier alpha value is -0.770. The normalized spacial score (nSPS) is 18.2. The molecule has 1 fully saturated rings. The van der Waals surface area contributed by atoms with E-state index in [-0.39, 0.29) is 18.0 Å². The fraction of sp³-hybridized carbons (Fsp3) is 0.750. The van der Waals surface area contributed by atoms with Crippen molar-refractivity contribution in [1.29, 1.82) is 5.41 Å². The van der Waals surface area contributed by atoms with Crippen LogP contribution >= 0.6 is 12.4 Å². The molecule has 2 rings (SSSR count). The number of nitrogens with one attached hydrogen (secondary N) is 1. The molecular formula is C8H14ClN3O. The fourth-order valence-electron chi connectivity index (χ4n) is 1.78. The Balaban J connectivity index is 0.000000845. The van der Waals surface area contributed by atoms with Gasteiger partial charge in [0.1, 0.15) is 6.04 Å². The zero-order valence-electron chi connectivity index (χ0n) is 7.40. The van der Waals surface area contributed by atoms with E-state index in [1.54, 1.807) is 10.9 Å². The highest BCUT2D eigenvalue weighted by molar-refractivity contribution is 5.85. The summed E-state index contributed by atoms with van der Waals surface area (Å²) in [5, 5.41) is 11.0. The highest BCUT2D eigenvalue weighted by Gasteiger charge is 2.19. The van der Waals surface area contributed by atoms with Crippen LogP contribution in [0.15, 0.2) is 10.7 Å². The van der Waals surface area contributed by atoms with Crippen LogP contribution in [0.5, 0.6) is 0 Å². The molecule has 13 heavy (non-hydrogen) atoms. The molecule has 74 valence electrons. The van der Waals surface area contributed by atoms with Gasteiger partial charge in [-0.25, -0.2) is 4.68 Å². The van der Waals surface area contributed by atoms with Crippen LogP contribution in [0.25, 0.3) is 0 Å². The molecule has 0 unspecified atom stereocenters. The fourth-order valence-corrected chi connectivity index (χ4v) is 1.78. The van der Waals surface area contributed by atoms with Gasteiger partial charge < -0.3 is 4.52 Å². The summed E-state index contributed by atoms with van der Waals surface area (Å²) in [6.45, 7) is 0. The van der Waals surface area contributed by atoms with Gasteiger partial charge >= 0.3 is 0 Å². The van der Waals surface area contributed by atoms with Gasteiger partial charge in [-0.05, 0) is 12.8 Å². The van der Waals surface area contributed by atoms with Crippen LogP contribution in [-0.2, 0) is 0 Å². The van der Waals surface area contributed by atoms with Crippen molar-refractivity contribution >= 4 is 12.4 Å². The summed E-state index contributed by atoms with van der Waals surface area (Å²) in [5.74, 6) is 0. The van der Waals surface area contributed by atoms with Crippen molar-refractivity contribution < 1.29 is 9.20 Å². The van der Waals surface area contributed by atoms with E-state index >= 15 is 0 Å². The van der Waals surface area contributed by atoms with Crippen molar-refractivity contribution in [3.05, 3.63) is 11.8 Å². The van der Waals surface area contributed by atoms with Gasteiger partial charge in [-0.3, -0.25) is 10.7 Å². The van der Waals surface area contributed by atoms with Crippen LogP contribution in [0, 0.1) is 5.41 Å². The molecule has 1 saturated carbocycles. The van der Waals surface area contributed by atoms with Gasteiger partial charge in [0.15, 0.2) is 0 Å². The first-order chi connectivity index (χ1) is 5.86. The minimum atomic E-state index is 0. The first-order valence-corrected chi connectivity index (χ1v) is 4.46. The quantitative estimate of drug-likeness (QED) is 0.691. The van der Waals surface area contributed by atoms with Crippen LogP contribution in [0.4, 0.5) is 0 Å². The zero-order chi connectivity index (χ0) is 8.39. The monoisotopic (exact) mass is 203 g/mol. The van der Waals surface area contributed by atoms with Crippen molar-refractivity contribution in [2.45, 2.75) is 38.1 Å². The summed E-state index contributed by atoms with van der Waals surface area (Å²) < 4.78 is 6.49. The summed E-state index contributed by atoms with van der Waals surface area (Å²) in [5.41, 5.74) is 0.153. The van der Waals surface area contributed by atoms with Crippen molar-refractivity contribution in [3.63, 3.8) is 0 Å². The standard InChI is InChI=1S/C8H13N3O.ClH/c9-8-6-11(10-12-8)7-4-2-1-3-5-7;/h6-7,9H,1-5H2;1H. The Morgan fingerprint density at radius 3 is 2.62 bits per heavy atom. The van der Waals surface area contributed by atoms with E-state index in [0.717, 1.165) is 0 Å². The summed E-state index contributed by atoms with van der Waals surface area (Å²) in [6.07, 6.45) is 7.90. The molecule has 0 aromatic carbocycles. The topological polar surface area (TPSA) is 55.0 Å². The molecule has 1 aliphatic rings. The summed E-state index contributed by atoms with van der Waals surface area (Å²) >= 11 is 0. The second-order valence-corrected chi connectivity index (χ2v) is 3.34. The van der Waals surface area contributed by atoms with Gasteiger partial charge in [0.25, 0.3) is 5.55 Å². The lowest BCUT2D eigenvalue weighted by molar-refractivity contribution is -0.792. The van der Waals surface area contributed by atoms with E-state index in [0.29, 0.717) is 6.04 Å². The highest BCUT2D eigenvalue weighted by atomic mass is 35.5. The lowest BCUT2D eigenvalue weighted by Crippen LogP contribution is -2.43. The molecule has 1 aromatic heterocycles. The predicted octanol–water partition coefficient (Wildman–Crippen LogP) is 0.931. The molecule has 0 saturated heterocycles. The number of nitrogens with zero attached hydrogens (tertiary/aromatic N) is 2. The number of rotatable bonds is 1. The molecule has 0 amide bonds. The Kier molecular flexibility index (Phi) is 3.54.